The van der Waals surface area contributed by atoms with Gasteiger partial charge in [-0.15, -0.1) is 24.0 Å². The molecule has 1 unspecified atom stereocenters. The fourth-order valence-electron chi connectivity index (χ4n) is 4.17. The highest BCUT2D eigenvalue weighted by molar-refractivity contribution is 14.0. The molecule has 2 N–H and O–H groups in total. The summed E-state index contributed by atoms with van der Waals surface area (Å²) in [5.74, 6) is 0.919. The normalized spacial score (nSPS) is 21.4. The van der Waals surface area contributed by atoms with Crippen molar-refractivity contribution in [2.24, 2.45) is 12.0 Å². The number of hydrogen-bond acceptors (Lipinski definition) is 4. The van der Waals surface area contributed by atoms with E-state index in [-0.39, 0.29) is 24.0 Å². The van der Waals surface area contributed by atoms with Crippen LogP contribution in [0.25, 0.3) is 0 Å². The third-order valence-electron chi connectivity index (χ3n) is 5.75. The highest BCUT2D eigenvalue weighted by Gasteiger charge is 2.22. The highest BCUT2D eigenvalue weighted by Crippen LogP contribution is 2.22. The first-order valence-electron chi connectivity index (χ1n) is 10.1. The molecule has 7 nitrogen and oxygen atoms in total. The zero-order valence-electron chi connectivity index (χ0n) is 17.0. The van der Waals surface area contributed by atoms with Crippen molar-refractivity contribution >= 4 is 35.6 Å². The molecule has 1 saturated carbocycles. The molecule has 1 aromatic rings. The Morgan fingerprint density at radius 2 is 2.07 bits per heavy atom. The average molecular weight is 489 g/mol. The van der Waals surface area contributed by atoms with E-state index < -0.39 is 0 Å². The number of halogens is 1. The zero-order chi connectivity index (χ0) is 18.4. The Morgan fingerprint density at radius 1 is 1.30 bits per heavy atom. The fourth-order valence-corrected chi connectivity index (χ4v) is 4.17. The van der Waals surface area contributed by atoms with Gasteiger partial charge in [-0.05, 0) is 32.7 Å². The molecule has 1 saturated heterocycles. The van der Waals surface area contributed by atoms with E-state index in [1.165, 1.54) is 44.2 Å². The number of aromatic nitrogens is 2. The molecule has 2 aliphatic rings. The number of piperidine rings is 1. The molecular weight excluding hydrogens is 453 g/mol. The number of nitrogens with one attached hydrogen (secondary N) is 2. The molecule has 1 aromatic heterocycles. The molecule has 0 radical (unpaired) electrons. The summed E-state index contributed by atoms with van der Waals surface area (Å²) in [6, 6.07) is 1.20. The Hall–Kier alpha value is -1.03. The van der Waals surface area contributed by atoms with Crippen LogP contribution in [0.5, 0.6) is 0 Å². The SMILES string of the molecule is CN=C(NCCN(C)C1CCCC1)NC1CCCN(c2cnn(C)c2)C1.I. The molecule has 1 atom stereocenters. The number of guanidine groups is 1. The Bertz CT molecular complexity index is 582. The quantitative estimate of drug-likeness (QED) is 0.364. The Balaban J connectivity index is 0.00000261. The van der Waals surface area contributed by atoms with Crippen LogP contribution < -0.4 is 15.5 Å². The minimum atomic E-state index is 0. The van der Waals surface area contributed by atoms with Gasteiger partial charge < -0.3 is 20.4 Å². The summed E-state index contributed by atoms with van der Waals surface area (Å²) >= 11 is 0. The molecule has 2 fully saturated rings. The second kappa shape index (κ2) is 11.1. The van der Waals surface area contributed by atoms with Crippen LogP contribution in [-0.4, -0.2) is 73.0 Å². The van der Waals surface area contributed by atoms with Gasteiger partial charge in [-0.2, -0.15) is 5.10 Å². The monoisotopic (exact) mass is 489 g/mol. The molecule has 1 aliphatic carbocycles. The van der Waals surface area contributed by atoms with Crippen molar-refractivity contribution in [3.05, 3.63) is 12.4 Å². The van der Waals surface area contributed by atoms with Crippen LogP contribution in [0.1, 0.15) is 38.5 Å². The average Bonchev–Trinajstić information content (AvgIpc) is 3.33. The summed E-state index contributed by atoms with van der Waals surface area (Å²) in [6.45, 7) is 4.10. The third-order valence-corrected chi connectivity index (χ3v) is 5.75. The summed E-state index contributed by atoms with van der Waals surface area (Å²) in [7, 11) is 6.08. The van der Waals surface area contributed by atoms with Gasteiger partial charge in [0.2, 0.25) is 0 Å². The summed E-state index contributed by atoms with van der Waals surface area (Å²) in [4.78, 5) is 9.33. The van der Waals surface area contributed by atoms with Crippen molar-refractivity contribution in [3.8, 4) is 0 Å². The van der Waals surface area contributed by atoms with Crippen LogP contribution in [0.2, 0.25) is 0 Å². The number of aryl methyl sites for hydroxylation is 1. The molecule has 154 valence electrons. The Kier molecular flexibility index (Phi) is 9.14. The van der Waals surface area contributed by atoms with Gasteiger partial charge in [0.25, 0.3) is 0 Å². The minimum absolute atomic E-state index is 0. The van der Waals surface area contributed by atoms with Crippen molar-refractivity contribution in [2.45, 2.75) is 50.6 Å². The van der Waals surface area contributed by atoms with E-state index in [4.69, 9.17) is 0 Å². The van der Waals surface area contributed by atoms with E-state index in [1.807, 2.05) is 25.0 Å². The Labute approximate surface area is 181 Å². The lowest BCUT2D eigenvalue weighted by molar-refractivity contribution is 0.249. The largest absolute Gasteiger partial charge is 0.367 e. The van der Waals surface area contributed by atoms with E-state index in [2.05, 4.69) is 43.8 Å². The van der Waals surface area contributed by atoms with Crippen molar-refractivity contribution in [1.82, 2.24) is 25.3 Å². The number of rotatable bonds is 6. The molecule has 1 aliphatic heterocycles. The molecule has 2 heterocycles. The number of nitrogens with zero attached hydrogens (tertiary/aromatic N) is 5. The van der Waals surface area contributed by atoms with E-state index >= 15 is 0 Å². The molecule has 0 spiro atoms. The second-order valence-electron chi connectivity index (χ2n) is 7.72. The maximum atomic E-state index is 4.42. The van der Waals surface area contributed by atoms with E-state index in [0.717, 1.165) is 38.2 Å². The van der Waals surface area contributed by atoms with Gasteiger partial charge in [-0.25, -0.2) is 0 Å². The highest BCUT2D eigenvalue weighted by atomic mass is 127. The van der Waals surface area contributed by atoms with Crippen LogP contribution in [0, 0.1) is 0 Å². The first kappa shape index (κ1) is 22.3. The van der Waals surface area contributed by atoms with Gasteiger partial charge in [0.1, 0.15) is 0 Å². The van der Waals surface area contributed by atoms with E-state index in [1.54, 1.807) is 0 Å². The lowest BCUT2D eigenvalue weighted by Crippen LogP contribution is -2.52. The molecule has 0 bridgehead atoms. The Morgan fingerprint density at radius 3 is 2.74 bits per heavy atom. The van der Waals surface area contributed by atoms with Gasteiger partial charge in [0.05, 0.1) is 11.9 Å². The van der Waals surface area contributed by atoms with Crippen molar-refractivity contribution in [3.63, 3.8) is 0 Å². The predicted molar refractivity (Wildman–Crippen MR) is 123 cm³/mol. The van der Waals surface area contributed by atoms with Crippen LogP contribution in [0.4, 0.5) is 5.69 Å². The number of hydrogen-bond donors (Lipinski definition) is 2. The lowest BCUT2D eigenvalue weighted by atomic mass is 10.1. The van der Waals surface area contributed by atoms with Crippen LogP contribution in [0.15, 0.2) is 17.4 Å². The summed E-state index contributed by atoms with van der Waals surface area (Å²) in [5.41, 5.74) is 1.21. The molecular formula is C19H36IN7. The molecule has 8 heteroatoms. The fraction of sp³-hybridized carbons (Fsp3) is 0.789. The molecule has 3 rings (SSSR count). The lowest BCUT2D eigenvalue weighted by Gasteiger charge is -2.34. The van der Waals surface area contributed by atoms with E-state index in [0.29, 0.717) is 6.04 Å². The first-order chi connectivity index (χ1) is 12.7. The van der Waals surface area contributed by atoms with E-state index in [9.17, 15) is 0 Å². The molecule has 27 heavy (non-hydrogen) atoms. The topological polar surface area (TPSA) is 60.7 Å². The van der Waals surface area contributed by atoms with Crippen molar-refractivity contribution in [1.29, 1.82) is 0 Å². The van der Waals surface area contributed by atoms with Gasteiger partial charge in [-0.3, -0.25) is 9.67 Å². The number of likely N-dealkylation sites (N-methyl/N-ethyl adjacent to an activating group) is 1. The van der Waals surface area contributed by atoms with Gasteiger partial charge >= 0.3 is 0 Å². The summed E-state index contributed by atoms with van der Waals surface area (Å²) in [6.07, 6.45) is 11.9. The van der Waals surface area contributed by atoms with Crippen molar-refractivity contribution < 1.29 is 0 Å². The zero-order valence-corrected chi connectivity index (χ0v) is 19.4. The third kappa shape index (κ3) is 6.51. The van der Waals surface area contributed by atoms with Gasteiger partial charge in [0.15, 0.2) is 5.96 Å². The maximum absolute atomic E-state index is 4.42. The van der Waals surface area contributed by atoms with Crippen LogP contribution in [-0.2, 0) is 7.05 Å². The van der Waals surface area contributed by atoms with Gasteiger partial charge in [-0.1, -0.05) is 12.8 Å². The summed E-state index contributed by atoms with van der Waals surface area (Å²) in [5, 5.41) is 11.4. The molecule has 0 amide bonds. The maximum Gasteiger partial charge on any atom is 0.191 e. The van der Waals surface area contributed by atoms with Crippen molar-refractivity contribution in [2.75, 3.05) is 45.2 Å². The van der Waals surface area contributed by atoms with Gasteiger partial charge in [0, 0.05) is 58.6 Å². The smallest absolute Gasteiger partial charge is 0.191 e. The standard InChI is InChI=1S/C19H35N7.HI/c1-20-19(21-10-12-24(2)17-8-4-5-9-17)23-16-7-6-11-26(14-16)18-13-22-25(3)15-18;/h13,15-17H,4-12,14H2,1-3H3,(H2,20,21,23);1H. The number of aliphatic imine (C=N–C) groups is 1. The molecule has 0 aromatic carbocycles. The second-order valence-corrected chi connectivity index (χ2v) is 7.72. The minimum Gasteiger partial charge on any atom is -0.367 e. The van der Waals surface area contributed by atoms with Crippen LogP contribution >= 0.6 is 24.0 Å². The predicted octanol–water partition coefficient (Wildman–Crippen LogP) is 2.05. The first-order valence-corrected chi connectivity index (χ1v) is 10.1. The number of anilines is 1. The summed E-state index contributed by atoms with van der Waals surface area (Å²) < 4.78 is 1.87. The van der Waals surface area contributed by atoms with Crippen LogP contribution in [0.3, 0.4) is 0 Å².